The summed E-state index contributed by atoms with van der Waals surface area (Å²) in [6, 6.07) is 2.77. The van der Waals surface area contributed by atoms with Crippen molar-refractivity contribution < 1.29 is 9.59 Å². The largest absolute Gasteiger partial charge is 0.351 e. The fourth-order valence-electron chi connectivity index (χ4n) is 5.31. The van der Waals surface area contributed by atoms with Gasteiger partial charge in [0.25, 0.3) is 11.8 Å². The lowest BCUT2D eigenvalue weighted by atomic mass is 10.2. The first-order chi connectivity index (χ1) is 17.0. The van der Waals surface area contributed by atoms with Gasteiger partial charge in [0, 0.05) is 44.0 Å². The molecule has 2 aliphatic carbocycles. The third-order valence-electron chi connectivity index (χ3n) is 7.21. The van der Waals surface area contributed by atoms with Crippen LogP contribution in [0.15, 0.2) is 17.4 Å². The zero-order chi connectivity index (χ0) is 23.8. The minimum absolute atomic E-state index is 0.0874. The molecular weight excluding hydrogens is 464 g/mol. The lowest BCUT2D eigenvalue weighted by Gasteiger charge is -2.23. The normalized spacial score (nSPS) is 18.3. The van der Waals surface area contributed by atoms with Crippen molar-refractivity contribution >= 4 is 50.3 Å². The van der Waals surface area contributed by atoms with Crippen LogP contribution < -0.4 is 10.8 Å². The molecule has 2 fully saturated rings. The molecule has 11 heteroatoms. The number of hydrogen-bond donors (Lipinski definition) is 2. The number of pyridine rings is 1. The van der Waals surface area contributed by atoms with Gasteiger partial charge in [0.05, 0.1) is 12.0 Å². The highest BCUT2D eigenvalue weighted by Gasteiger charge is 2.43. The van der Waals surface area contributed by atoms with E-state index in [4.69, 9.17) is 4.99 Å². The molecular formula is C24H26N8O2S. The number of fused-ring (bicyclic) bond motifs is 4. The van der Waals surface area contributed by atoms with E-state index in [0.717, 1.165) is 53.4 Å². The molecule has 0 aromatic carbocycles. The summed E-state index contributed by atoms with van der Waals surface area (Å²) in [5.41, 5.74) is 4.64. The molecule has 7 rings (SSSR count). The smallest absolute Gasteiger partial charge is 0.271 e. The number of aryl methyl sites for hydroxylation is 2. The molecule has 35 heavy (non-hydrogen) atoms. The number of imidazole rings is 1. The highest BCUT2D eigenvalue weighted by molar-refractivity contribution is 7.17. The van der Waals surface area contributed by atoms with Gasteiger partial charge in [-0.3, -0.25) is 9.59 Å². The predicted molar refractivity (Wildman–Crippen MR) is 132 cm³/mol. The molecule has 2 saturated carbocycles. The van der Waals surface area contributed by atoms with Crippen molar-refractivity contribution in [2.24, 2.45) is 12.0 Å². The molecule has 0 bridgehead atoms. The molecule has 4 aromatic rings. The van der Waals surface area contributed by atoms with Gasteiger partial charge in [-0.25, -0.2) is 9.97 Å². The van der Waals surface area contributed by atoms with Crippen LogP contribution in [-0.2, 0) is 20.0 Å². The van der Waals surface area contributed by atoms with E-state index in [-0.39, 0.29) is 11.8 Å². The fraction of sp³-hybridized carbons (Fsp3) is 0.458. The van der Waals surface area contributed by atoms with E-state index >= 15 is 0 Å². The number of H-pyrrole nitrogens is 1. The van der Waals surface area contributed by atoms with E-state index in [1.807, 2.05) is 17.7 Å². The molecule has 5 heterocycles. The minimum Gasteiger partial charge on any atom is -0.351 e. The third kappa shape index (κ3) is 3.17. The van der Waals surface area contributed by atoms with Crippen LogP contribution in [-0.4, -0.2) is 59.4 Å². The highest BCUT2D eigenvalue weighted by atomic mass is 32.1. The Morgan fingerprint density at radius 2 is 2.06 bits per heavy atom. The molecule has 0 unspecified atom stereocenters. The summed E-state index contributed by atoms with van der Waals surface area (Å²) in [6.45, 7) is 3.32. The van der Waals surface area contributed by atoms with Crippen LogP contribution in [0.2, 0.25) is 0 Å². The standard InChI is InChI=1S/C24H26N8O2S/c1-3-31-16(23(34)32(12-4-5-12)13-6-7-13)10-14-17-18(27-11-26-17)20(30(2)22(14)31)29-24-28-15-8-9-25-21(33)19(15)35-24/h10-13H,3-9H2,1-2H3,(H,25,33)(H,26,27). The maximum atomic E-state index is 13.8. The van der Waals surface area contributed by atoms with Crippen LogP contribution in [0, 0.1) is 0 Å². The van der Waals surface area contributed by atoms with Crippen molar-refractivity contribution in [3.63, 3.8) is 0 Å². The Morgan fingerprint density at radius 3 is 2.74 bits per heavy atom. The quantitative estimate of drug-likeness (QED) is 0.448. The van der Waals surface area contributed by atoms with E-state index < -0.39 is 0 Å². The molecule has 3 aliphatic rings. The maximum absolute atomic E-state index is 13.8. The zero-order valence-electron chi connectivity index (χ0n) is 19.7. The number of carbonyl (C=O) groups is 2. The van der Waals surface area contributed by atoms with Crippen molar-refractivity contribution in [3.8, 4) is 0 Å². The topological polar surface area (TPSA) is 113 Å². The van der Waals surface area contributed by atoms with Crippen molar-refractivity contribution in [1.82, 2.24) is 34.3 Å². The number of nitrogens with one attached hydrogen (secondary N) is 2. The molecule has 2 N–H and O–H groups in total. The summed E-state index contributed by atoms with van der Waals surface area (Å²) in [5, 5.41) is 4.34. The second-order valence-corrected chi connectivity index (χ2v) is 10.6. The maximum Gasteiger partial charge on any atom is 0.271 e. The van der Waals surface area contributed by atoms with E-state index in [1.165, 1.54) is 11.3 Å². The van der Waals surface area contributed by atoms with Gasteiger partial charge in [0.2, 0.25) is 5.13 Å². The van der Waals surface area contributed by atoms with Gasteiger partial charge < -0.3 is 24.3 Å². The number of aromatic nitrogens is 5. The zero-order valence-corrected chi connectivity index (χ0v) is 20.5. The number of nitrogens with zero attached hydrogens (tertiary/aromatic N) is 6. The molecule has 2 amide bonds. The summed E-state index contributed by atoms with van der Waals surface area (Å²) in [7, 11) is 1.96. The summed E-state index contributed by atoms with van der Waals surface area (Å²) >= 11 is 1.30. The van der Waals surface area contributed by atoms with Crippen LogP contribution in [0.25, 0.3) is 22.1 Å². The number of carbonyl (C=O) groups excluding carboxylic acids is 2. The lowest BCUT2D eigenvalue weighted by molar-refractivity contribution is 0.0719. The summed E-state index contributed by atoms with van der Waals surface area (Å²) in [5.74, 6) is 0.0319. The number of amides is 2. The predicted octanol–water partition coefficient (Wildman–Crippen LogP) is 2.62. The van der Waals surface area contributed by atoms with E-state index in [2.05, 4.69) is 36.7 Å². The Kier molecular flexibility index (Phi) is 4.48. The molecule has 1 aliphatic heterocycles. The Balaban J connectivity index is 1.44. The van der Waals surface area contributed by atoms with Crippen molar-refractivity contribution in [1.29, 1.82) is 0 Å². The lowest BCUT2D eigenvalue weighted by Crippen LogP contribution is -2.36. The van der Waals surface area contributed by atoms with Crippen LogP contribution >= 0.6 is 11.3 Å². The van der Waals surface area contributed by atoms with Gasteiger partial charge in [0.1, 0.15) is 27.3 Å². The van der Waals surface area contributed by atoms with Gasteiger partial charge in [-0.1, -0.05) is 11.3 Å². The SMILES string of the molecule is CCn1c(C(=O)N(C2CC2)C2CC2)cc2c3nc[nH]c3c(=Nc3nc4c(s3)C(=O)NCC4)n(C)c21. The van der Waals surface area contributed by atoms with Crippen molar-refractivity contribution in [2.75, 3.05) is 6.54 Å². The molecule has 0 atom stereocenters. The van der Waals surface area contributed by atoms with Gasteiger partial charge in [-0.2, -0.15) is 4.99 Å². The number of hydrogen-bond acceptors (Lipinski definition) is 6. The molecule has 0 spiro atoms. The second kappa shape index (κ2) is 7.51. The summed E-state index contributed by atoms with van der Waals surface area (Å²) in [6.07, 6.45) is 6.78. The summed E-state index contributed by atoms with van der Waals surface area (Å²) in [4.78, 5) is 46.1. The van der Waals surface area contributed by atoms with Gasteiger partial charge in [-0.15, -0.1) is 0 Å². The fourth-order valence-corrected chi connectivity index (χ4v) is 6.21. The Hall–Kier alpha value is -3.47. The van der Waals surface area contributed by atoms with E-state index in [9.17, 15) is 9.59 Å². The summed E-state index contributed by atoms with van der Waals surface area (Å²) < 4.78 is 4.10. The van der Waals surface area contributed by atoms with Crippen LogP contribution in [0.3, 0.4) is 0 Å². The van der Waals surface area contributed by atoms with Gasteiger partial charge >= 0.3 is 0 Å². The van der Waals surface area contributed by atoms with Gasteiger partial charge in [-0.05, 0) is 38.7 Å². The number of thiazole rings is 1. The first kappa shape index (κ1) is 20.9. The van der Waals surface area contributed by atoms with E-state index in [1.54, 1.807) is 6.33 Å². The van der Waals surface area contributed by atoms with Gasteiger partial charge in [0.15, 0.2) is 5.49 Å². The average molecular weight is 491 g/mol. The molecule has 180 valence electrons. The van der Waals surface area contributed by atoms with Crippen LogP contribution in [0.4, 0.5) is 5.13 Å². The second-order valence-electron chi connectivity index (χ2n) is 9.58. The molecule has 4 aromatic heterocycles. The first-order valence-electron chi connectivity index (χ1n) is 12.3. The van der Waals surface area contributed by atoms with Crippen molar-refractivity contribution in [2.45, 2.75) is 57.7 Å². The minimum atomic E-state index is -0.0874. The van der Waals surface area contributed by atoms with Crippen LogP contribution in [0.1, 0.15) is 58.5 Å². The Bertz CT molecular complexity index is 1580. The third-order valence-corrected chi connectivity index (χ3v) is 8.20. The Morgan fingerprint density at radius 1 is 1.29 bits per heavy atom. The number of aromatic amines is 1. The number of rotatable bonds is 5. The monoisotopic (exact) mass is 490 g/mol. The molecule has 0 saturated heterocycles. The first-order valence-corrected chi connectivity index (χ1v) is 13.1. The van der Waals surface area contributed by atoms with Crippen molar-refractivity contribution in [3.05, 3.63) is 34.1 Å². The molecule has 0 radical (unpaired) electrons. The highest BCUT2D eigenvalue weighted by Crippen LogP contribution is 2.39. The van der Waals surface area contributed by atoms with Crippen LogP contribution in [0.5, 0.6) is 0 Å². The molecule has 10 nitrogen and oxygen atoms in total. The Labute approximate surface area is 204 Å². The van der Waals surface area contributed by atoms with E-state index in [0.29, 0.717) is 52.8 Å². The average Bonchev–Trinajstić information content (AvgIpc) is 3.72.